The van der Waals surface area contributed by atoms with Gasteiger partial charge < -0.3 is 20.6 Å². The van der Waals surface area contributed by atoms with E-state index in [0.717, 1.165) is 5.56 Å². The van der Waals surface area contributed by atoms with Crippen LogP contribution in [0, 0.1) is 6.92 Å². The van der Waals surface area contributed by atoms with Crippen molar-refractivity contribution in [2.45, 2.75) is 19.4 Å². The van der Waals surface area contributed by atoms with E-state index in [2.05, 4.69) is 5.32 Å². The first-order valence-corrected chi connectivity index (χ1v) is 5.26. The summed E-state index contributed by atoms with van der Waals surface area (Å²) in [5.41, 5.74) is -0.145. The molecule has 0 heterocycles. The van der Waals surface area contributed by atoms with Crippen LogP contribution in [0.1, 0.15) is 22.8 Å². The van der Waals surface area contributed by atoms with Crippen LogP contribution >= 0.6 is 0 Å². The molecule has 4 N–H and O–H groups in total. The molecular formula is C12H17NO4. The first kappa shape index (κ1) is 13.5. The summed E-state index contributed by atoms with van der Waals surface area (Å²) in [6.45, 7) is 2.54. The fraction of sp³-hybridized carbons (Fsp3) is 0.417. The van der Waals surface area contributed by atoms with Crippen LogP contribution in [0.4, 0.5) is 0 Å². The molecule has 0 aromatic heterocycles. The molecular weight excluding hydrogens is 222 g/mol. The average molecular weight is 239 g/mol. The Labute approximate surface area is 99.7 Å². The van der Waals surface area contributed by atoms with Gasteiger partial charge in [0.05, 0.1) is 24.3 Å². The summed E-state index contributed by atoms with van der Waals surface area (Å²) in [7, 11) is 0. The minimum atomic E-state index is -1.10. The zero-order valence-electron chi connectivity index (χ0n) is 9.90. The Kier molecular flexibility index (Phi) is 4.09. The number of hydrogen-bond donors (Lipinski definition) is 4. The number of aliphatic hydroxyl groups excluding tert-OH is 2. The number of carbonyl (C=O) groups excluding carboxylic acids is 1. The molecule has 0 aliphatic carbocycles. The lowest BCUT2D eigenvalue weighted by atomic mass is 10.0. The molecule has 0 bridgehead atoms. The predicted molar refractivity (Wildman–Crippen MR) is 62.9 cm³/mol. The Balaban J connectivity index is 2.94. The highest BCUT2D eigenvalue weighted by atomic mass is 16.3. The Morgan fingerprint density at radius 2 is 1.94 bits per heavy atom. The van der Waals surface area contributed by atoms with Crippen molar-refractivity contribution in [1.29, 1.82) is 0 Å². The molecule has 0 aliphatic heterocycles. The molecule has 17 heavy (non-hydrogen) atoms. The van der Waals surface area contributed by atoms with Crippen LogP contribution in [-0.4, -0.2) is 40.0 Å². The number of carbonyl (C=O) groups is 1. The van der Waals surface area contributed by atoms with Gasteiger partial charge in [-0.3, -0.25) is 4.79 Å². The molecule has 1 amide bonds. The Bertz CT molecular complexity index is 413. The molecule has 0 fully saturated rings. The van der Waals surface area contributed by atoms with Crippen molar-refractivity contribution in [1.82, 2.24) is 5.32 Å². The smallest absolute Gasteiger partial charge is 0.255 e. The van der Waals surface area contributed by atoms with E-state index in [1.54, 1.807) is 19.1 Å². The molecule has 1 aromatic rings. The molecule has 0 saturated carbocycles. The first-order valence-electron chi connectivity index (χ1n) is 5.26. The normalized spacial score (nSPS) is 11.3. The number of phenolic OH excluding ortho intramolecular Hbond substituents is 1. The first-order chi connectivity index (χ1) is 7.91. The van der Waals surface area contributed by atoms with E-state index < -0.39 is 11.4 Å². The van der Waals surface area contributed by atoms with Gasteiger partial charge in [-0.2, -0.15) is 0 Å². The standard InChI is InChI=1S/C12H17NO4/c1-8-3-4-10(16)9(5-8)11(17)13-12(2,6-14)7-15/h3-5,14-16H,6-7H2,1-2H3,(H,13,17). The lowest BCUT2D eigenvalue weighted by Gasteiger charge is -2.26. The highest BCUT2D eigenvalue weighted by molar-refractivity contribution is 5.97. The lowest BCUT2D eigenvalue weighted by Crippen LogP contribution is -2.51. The Morgan fingerprint density at radius 1 is 1.35 bits per heavy atom. The van der Waals surface area contributed by atoms with Crippen molar-refractivity contribution in [3.05, 3.63) is 29.3 Å². The average Bonchev–Trinajstić information content (AvgIpc) is 2.32. The van der Waals surface area contributed by atoms with Crippen LogP contribution < -0.4 is 5.32 Å². The molecule has 1 aromatic carbocycles. The van der Waals surface area contributed by atoms with Gasteiger partial charge in [0, 0.05) is 0 Å². The second-order valence-electron chi connectivity index (χ2n) is 4.35. The maximum absolute atomic E-state index is 11.9. The molecule has 5 heteroatoms. The van der Waals surface area contributed by atoms with Gasteiger partial charge in [-0.15, -0.1) is 0 Å². The second kappa shape index (κ2) is 5.16. The minimum Gasteiger partial charge on any atom is -0.507 e. The van der Waals surface area contributed by atoms with E-state index in [9.17, 15) is 9.90 Å². The summed E-state index contributed by atoms with van der Waals surface area (Å²) in [4.78, 5) is 11.9. The lowest BCUT2D eigenvalue weighted by molar-refractivity contribution is 0.0721. The van der Waals surface area contributed by atoms with Crippen molar-refractivity contribution < 1.29 is 20.1 Å². The monoisotopic (exact) mass is 239 g/mol. The quantitative estimate of drug-likeness (QED) is 0.603. The summed E-state index contributed by atoms with van der Waals surface area (Å²) < 4.78 is 0. The van der Waals surface area contributed by atoms with Gasteiger partial charge in [-0.25, -0.2) is 0 Å². The Morgan fingerprint density at radius 3 is 2.47 bits per heavy atom. The molecule has 94 valence electrons. The van der Waals surface area contributed by atoms with Crippen LogP contribution in [0.5, 0.6) is 5.75 Å². The number of benzene rings is 1. The number of phenols is 1. The van der Waals surface area contributed by atoms with Crippen molar-refractivity contribution in [2.75, 3.05) is 13.2 Å². The number of amides is 1. The van der Waals surface area contributed by atoms with Crippen molar-refractivity contribution in [3.8, 4) is 5.75 Å². The zero-order valence-corrected chi connectivity index (χ0v) is 9.90. The van der Waals surface area contributed by atoms with Crippen LogP contribution in [0.2, 0.25) is 0 Å². The van der Waals surface area contributed by atoms with Gasteiger partial charge in [-0.1, -0.05) is 11.6 Å². The van der Waals surface area contributed by atoms with Gasteiger partial charge in [-0.05, 0) is 26.0 Å². The van der Waals surface area contributed by atoms with E-state index in [4.69, 9.17) is 10.2 Å². The molecule has 0 spiro atoms. The highest BCUT2D eigenvalue weighted by Crippen LogP contribution is 2.18. The molecule has 0 aliphatic rings. The third-order valence-electron chi connectivity index (χ3n) is 2.51. The number of aliphatic hydroxyl groups is 2. The van der Waals surface area contributed by atoms with Crippen molar-refractivity contribution in [3.63, 3.8) is 0 Å². The van der Waals surface area contributed by atoms with Crippen LogP contribution in [0.15, 0.2) is 18.2 Å². The topological polar surface area (TPSA) is 89.8 Å². The molecule has 0 radical (unpaired) electrons. The second-order valence-corrected chi connectivity index (χ2v) is 4.35. The summed E-state index contributed by atoms with van der Waals surface area (Å²) in [5, 5.41) is 30.2. The molecule has 0 saturated heterocycles. The molecule has 5 nitrogen and oxygen atoms in total. The van der Waals surface area contributed by atoms with Gasteiger partial charge >= 0.3 is 0 Å². The highest BCUT2D eigenvalue weighted by Gasteiger charge is 2.26. The zero-order chi connectivity index (χ0) is 13.1. The molecule has 0 atom stereocenters. The number of hydrogen-bond acceptors (Lipinski definition) is 4. The van der Waals surface area contributed by atoms with E-state index in [-0.39, 0.29) is 24.5 Å². The van der Waals surface area contributed by atoms with Crippen LogP contribution in [0.3, 0.4) is 0 Å². The number of aromatic hydroxyl groups is 1. The van der Waals surface area contributed by atoms with E-state index in [1.165, 1.54) is 13.0 Å². The van der Waals surface area contributed by atoms with Gasteiger partial charge in [0.25, 0.3) is 5.91 Å². The minimum absolute atomic E-state index is 0.123. The van der Waals surface area contributed by atoms with Gasteiger partial charge in [0.15, 0.2) is 0 Å². The van der Waals surface area contributed by atoms with E-state index in [0.29, 0.717) is 0 Å². The fourth-order valence-corrected chi connectivity index (χ4v) is 1.30. The van der Waals surface area contributed by atoms with Crippen molar-refractivity contribution >= 4 is 5.91 Å². The third kappa shape index (κ3) is 3.18. The summed E-state index contributed by atoms with van der Waals surface area (Å²) in [5.74, 6) is -0.664. The van der Waals surface area contributed by atoms with Crippen LogP contribution in [0.25, 0.3) is 0 Å². The fourth-order valence-electron chi connectivity index (χ4n) is 1.30. The van der Waals surface area contributed by atoms with Gasteiger partial charge in [0.1, 0.15) is 5.75 Å². The summed E-state index contributed by atoms with van der Waals surface area (Å²) >= 11 is 0. The summed E-state index contributed by atoms with van der Waals surface area (Å²) in [6.07, 6.45) is 0. The number of nitrogens with one attached hydrogen (secondary N) is 1. The maximum Gasteiger partial charge on any atom is 0.255 e. The van der Waals surface area contributed by atoms with Crippen LogP contribution in [-0.2, 0) is 0 Å². The van der Waals surface area contributed by atoms with E-state index >= 15 is 0 Å². The van der Waals surface area contributed by atoms with Gasteiger partial charge in [0.2, 0.25) is 0 Å². The third-order valence-corrected chi connectivity index (χ3v) is 2.51. The number of rotatable bonds is 4. The predicted octanol–water partition coefficient (Wildman–Crippen LogP) is 0.174. The number of aryl methyl sites for hydroxylation is 1. The largest absolute Gasteiger partial charge is 0.507 e. The molecule has 0 unspecified atom stereocenters. The summed E-state index contributed by atoms with van der Waals surface area (Å²) in [6, 6.07) is 4.66. The van der Waals surface area contributed by atoms with E-state index in [1.807, 2.05) is 0 Å². The van der Waals surface area contributed by atoms with Crippen molar-refractivity contribution in [2.24, 2.45) is 0 Å². The Hall–Kier alpha value is -1.59. The SMILES string of the molecule is Cc1ccc(O)c(C(=O)NC(C)(CO)CO)c1. The molecule has 1 rings (SSSR count). The maximum atomic E-state index is 11.9.